The van der Waals surface area contributed by atoms with E-state index >= 15 is 0 Å². The van der Waals surface area contributed by atoms with E-state index < -0.39 is 0 Å². The lowest BCUT2D eigenvalue weighted by Gasteiger charge is -2.47. The van der Waals surface area contributed by atoms with Gasteiger partial charge in [-0.25, -0.2) is 4.52 Å². The fourth-order valence-corrected chi connectivity index (χ4v) is 4.98. The maximum Gasteiger partial charge on any atom is 0.224 e. The summed E-state index contributed by atoms with van der Waals surface area (Å²) in [7, 11) is 0. The van der Waals surface area contributed by atoms with Gasteiger partial charge in [-0.15, -0.1) is 0 Å². The number of anilines is 1. The molecule has 3 N–H and O–H groups in total. The number of ether oxygens (including phenoxy) is 2. The molecule has 3 aliphatic rings. The van der Waals surface area contributed by atoms with Crippen LogP contribution in [-0.2, 0) is 9.47 Å². The van der Waals surface area contributed by atoms with E-state index in [1.165, 1.54) is 19.8 Å². The van der Waals surface area contributed by atoms with Crippen molar-refractivity contribution in [3.8, 4) is 0 Å². The lowest BCUT2D eigenvalue weighted by molar-refractivity contribution is -0.124. The first-order valence-corrected chi connectivity index (χ1v) is 11.3. The van der Waals surface area contributed by atoms with Crippen LogP contribution in [0.1, 0.15) is 45.1 Å². The van der Waals surface area contributed by atoms with Crippen molar-refractivity contribution in [3.63, 3.8) is 0 Å². The fourth-order valence-electron chi connectivity index (χ4n) is 4.07. The molecular weight excluding hydrogens is 400 g/mol. The summed E-state index contributed by atoms with van der Waals surface area (Å²) in [5, 5.41) is 20.4. The molecular formula is C21H28N6O2S. The Balaban J connectivity index is 1.48. The Labute approximate surface area is 180 Å². The van der Waals surface area contributed by atoms with E-state index in [9.17, 15) is 0 Å². The van der Waals surface area contributed by atoms with E-state index in [0.717, 1.165) is 55.4 Å². The van der Waals surface area contributed by atoms with Crippen LogP contribution in [0, 0.1) is 16.2 Å². The van der Waals surface area contributed by atoms with Crippen LogP contribution in [0.25, 0.3) is 5.52 Å². The summed E-state index contributed by atoms with van der Waals surface area (Å²) in [5.41, 5.74) is 2.02. The first kappa shape index (κ1) is 19.8. The molecule has 2 aromatic rings. The van der Waals surface area contributed by atoms with Gasteiger partial charge in [-0.05, 0) is 56.7 Å². The van der Waals surface area contributed by atoms with Crippen molar-refractivity contribution in [3.05, 3.63) is 23.9 Å². The smallest absolute Gasteiger partial charge is 0.224 e. The zero-order valence-electron chi connectivity index (χ0n) is 17.5. The second-order valence-electron chi connectivity index (χ2n) is 9.14. The lowest BCUT2D eigenvalue weighted by atomic mass is 9.77. The zero-order chi connectivity index (χ0) is 20.9. The molecule has 0 bridgehead atoms. The molecule has 3 fully saturated rings. The fraction of sp³-hybridized carbons (Fsp3) is 0.571. The molecule has 8 nitrogen and oxygen atoms in total. The number of fused-ring (bicyclic) bond motifs is 1. The van der Waals surface area contributed by atoms with Gasteiger partial charge in [-0.3, -0.25) is 15.5 Å². The van der Waals surface area contributed by atoms with Gasteiger partial charge < -0.3 is 14.4 Å². The summed E-state index contributed by atoms with van der Waals surface area (Å²) >= 11 is 1.64. The Morgan fingerprint density at radius 2 is 1.93 bits per heavy atom. The first-order chi connectivity index (χ1) is 14.4. The van der Waals surface area contributed by atoms with Crippen LogP contribution in [0.3, 0.4) is 0 Å². The maximum atomic E-state index is 8.27. The van der Waals surface area contributed by atoms with Gasteiger partial charge >= 0.3 is 0 Å². The van der Waals surface area contributed by atoms with E-state index in [-0.39, 0.29) is 17.3 Å². The highest BCUT2D eigenvalue weighted by atomic mass is 32.2. The number of nitrogens with zero attached hydrogens (tertiary/aromatic N) is 3. The Bertz CT molecular complexity index is 1000. The van der Waals surface area contributed by atoms with Crippen molar-refractivity contribution in [1.82, 2.24) is 14.3 Å². The summed E-state index contributed by atoms with van der Waals surface area (Å²) in [6, 6.07) is 4.24. The number of aromatic nitrogens is 2. The van der Waals surface area contributed by atoms with Crippen LogP contribution in [0.15, 0.2) is 23.2 Å². The minimum absolute atomic E-state index is 0.00234. The van der Waals surface area contributed by atoms with Gasteiger partial charge in [0.15, 0.2) is 5.90 Å². The number of rotatable bonds is 5. The van der Waals surface area contributed by atoms with E-state index in [1.54, 1.807) is 18.1 Å². The van der Waals surface area contributed by atoms with Crippen LogP contribution in [0.2, 0.25) is 0 Å². The zero-order valence-corrected chi connectivity index (χ0v) is 18.3. The second-order valence-corrected chi connectivity index (χ2v) is 10.0. The summed E-state index contributed by atoms with van der Waals surface area (Å²) in [4.78, 5) is 3.49. The van der Waals surface area contributed by atoms with Crippen molar-refractivity contribution in [2.45, 2.75) is 50.0 Å². The van der Waals surface area contributed by atoms with Crippen molar-refractivity contribution in [2.75, 3.05) is 31.2 Å². The molecule has 1 saturated carbocycles. The summed E-state index contributed by atoms with van der Waals surface area (Å²) in [6.07, 6.45) is 6.31. The molecule has 2 aromatic heterocycles. The van der Waals surface area contributed by atoms with Gasteiger partial charge in [0.25, 0.3) is 0 Å². The lowest BCUT2D eigenvalue weighted by Crippen LogP contribution is -2.51. The van der Waals surface area contributed by atoms with E-state index in [0.29, 0.717) is 11.0 Å². The SMILES string of the molecule is CC(=N)OC(=N)c1cnn2c(N3CCC4(CC3)COC4)cc(SNC3(C)CC3)cc12. The molecule has 2 saturated heterocycles. The van der Waals surface area contributed by atoms with Gasteiger partial charge in [0, 0.05) is 35.9 Å². The summed E-state index contributed by atoms with van der Waals surface area (Å²) in [5.74, 6) is 0.993. The summed E-state index contributed by atoms with van der Waals surface area (Å²) in [6.45, 7) is 7.49. The second kappa shape index (κ2) is 7.25. The first-order valence-electron chi connectivity index (χ1n) is 10.5. The number of hydrogen-bond acceptors (Lipinski definition) is 8. The topological polar surface area (TPSA) is 98.7 Å². The molecule has 30 heavy (non-hydrogen) atoms. The van der Waals surface area contributed by atoms with Gasteiger partial charge in [0.2, 0.25) is 5.90 Å². The highest BCUT2D eigenvalue weighted by Gasteiger charge is 2.41. The number of pyridine rings is 1. The average molecular weight is 429 g/mol. The van der Waals surface area contributed by atoms with Crippen LogP contribution in [0.4, 0.5) is 5.82 Å². The predicted molar refractivity (Wildman–Crippen MR) is 118 cm³/mol. The van der Waals surface area contributed by atoms with E-state index in [1.807, 2.05) is 4.52 Å². The number of hydrogen-bond donors (Lipinski definition) is 3. The molecule has 0 radical (unpaired) electrons. The normalized spacial score (nSPS) is 21.5. The van der Waals surface area contributed by atoms with Crippen LogP contribution >= 0.6 is 11.9 Å². The molecule has 0 aromatic carbocycles. The molecule has 160 valence electrons. The van der Waals surface area contributed by atoms with Crippen molar-refractivity contribution < 1.29 is 9.47 Å². The minimum atomic E-state index is -0.0445. The molecule has 9 heteroatoms. The average Bonchev–Trinajstić information content (AvgIpc) is 3.27. The third-order valence-electron chi connectivity index (χ3n) is 6.45. The van der Waals surface area contributed by atoms with Crippen LogP contribution in [0.5, 0.6) is 0 Å². The molecule has 4 heterocycles. The van der Waals surface area contributed by atoms with Gasteiger partial charge in [0.05, 0.1) is 30.5 Å². The predicted octanol–water partition coefficient (Wildman–Crippen LogP) is 3.44. The quantitative estimate of drug-likeness (QED) is 0.383. The molecule has 0 amide bonds. The van der Waals surface area contributed by atoms with Crippen LogP contribution < -0.4 is 9.62 Å². The highest BCUT2D eigenvalue weighted by Crippen LogP contribution is 2.41. The Hall–Kier alpha value is -2.10. The highest BCUT2D eigenvalue weighted by molar-refractivity contribution is 7.97. The third-order valence-corrected chi connectivity index (χ3v) is 7.52. The van der Waals surface area contributed by atoms with Crippen LogP contribution in [-0.4, -0.2) is 53.3 Å². The standard InChI is InChI=1S/C21H28N6O2S/c1-14(22)29-19(23)16-11-24-27-17(16)9-15(30-25-20(2)3-4-20)10-18(27)26-7-5-21(6-8-26)12-28-13-21/h9-11,22-23,25H,3-8,12-13H2,1-2H3. The Morgan fingerprint density at radius 1 is 1.20 bits per heavy atom. The van der Waals surface area contributed by atoms with Crippen molar-refractivity contribution in [2.24, 2.45) is 5.41 Å². The number of nitrogens with one attached hydrogen (secondary N) is 3. The molecule has 1 aliphatic carbocycles. The number of piperidine rings is 1. The molecule has 5 rings (SSSR count). The minimum Gasteiger partial charge on any atom is -0.425 e. The van der Waals surface area contributed by atoms with E-state index in [2.05, 4.69) is 33.8 Å². The molecule has 1 spiro atoms. The van der Waals surface area contributed by atoms with Gasteiger partial charge in [0.1, 0.15) is 5.82 Å². The monoisotopic (exact) mass is 428 g/mol. The van der Waals surface area contributed by atoms with E-state index in [4.69, 9.17) is 20.3 Å². The largest absolute Gasteiger partial charge is 0.425 e. The summed E-state index contributed by atoms with van der Waals surface area (Å²) < 4.78 is 16.2. The molecule has 2 aliphatic heterocycles. The van der Waals surface area contributed by atoms with Crippen molar-refractivity contribution in [1.29, 1.82) is 10.8 Å². The van der Waals surface area contributed by atoms with Gasteiger partial charge in [-0.1, -0.05) is 0 Å². The molecule has 0 unspecified atom stereocenters. The van der Waals surface area contributed by atoms with Gasteiger partial charge in [-0.2, -0.15) is 5.10 Å². The third kappa shape index (κ3) is 3.70. The Morgan fingerprint density at radius 3 is 2.53 bits per heavy atom. The Kier molecular flexibility index (Phi) is 4.79. The van der Waals surface area contributed by atoms with Crippen molar-refractivity contribution >= 4 is 35.1 Å². The maximum absolute atomic E-state index is 8.27. The molecule has 0 atom stereocenters.